The summed E-state index contributed by atoms with van der Waals surface area (Å²) in [7, 11) is 3.25. The summed E-state index contributed by atoms with van der Waals surface area (Å²) in [5.41, 5.74) is 0. The Labute approximate surface area is 155 Å². The number of esters is 1. The quantitative estimate of drug-likeness (QED) is 0.640. The second-order valence-electron chi connectivity index (χ2n) is 7.29. The van der Waals surface area contributed by atoms with E-state index in [-0.39, 0.29) is 23.8 Å². The third kappa shape index (κ3) is 9.98. The number of hydrogen-bond acceptors (Lipinski definition) is 4. The van der Waals surface area contributed by atoms with E-state index in [9.17, 15) is 9.59 Å². The Morgan fingerprint density at radius 3 is 1.76 bits per heavy atom. The standard InChI is InChI=1S/C14H22O2.C3H6O.C2H6O.C2H6/c15-14(16-12-4-2-1-3-5-12)13-9-10-6-7-11(13)8-10;1-3(2)4;1-3-2;1-2/h10-13H,1-9H2;1-2H3;1-2H3;1-2H3. The summed E-state index contributed by atoms with van der Waals surface area (Å²) in [5.74, 6) is 2.08. The van der Waals surface area contributed by atoms with Gasteiger partial charge in [-0.25, -0.2) is 0 Å². The fraction of sp³-hybridized carbons (Fsp3) is 0.905. The molecule has 3 saturated carbocycles. The van der Waals surface area contributed by atoms with Crippen molar-refractivity contribution in [1.82, 2.24) is 0 Å². The first-order valence-corrected chi connectivity index (χ1v) is 10.1. The average Bonchev–Trinajstić information content (AvgIpc) is 3.21. The normalized spacial score (nSPS) is 26.9. The van der Waals surface area contributed by atoms with Crippen molar-refractivity contribution >= 4 is 11.8 Å². The summed E-state index contributed by atoms with van der Waals surface area (Å²) >= 11 is 0. The number of ketones is 1. The third-order valence-electron chi connectivity index (χ3n) is 4.88. The molecule has 4 nitrogen and oxygen atoms in total. The van der Waals surface area contributed by atoms with Crippen molar-refractivity contribution in [3.8, 4) is 0 Å². The number of methoxy groups -OCH3 is 1. The highest BCUT2D eigenvalue weighted by Gasteiger charge is 2.44. The van der Waals surface area contributed by atoms with Crippen LogP contribution < -0.4 is 0 Å². The van der Waals surface area contributed by atoms with E-state index in [0.29, 0.717) is 5.92 Å². The zero-order valence-corrected chi connectivity index (χ0v) is 17.3. The Morgan fingerprint density at radius 1 is 0.840 bits per heavy atom. The van der Waals surface area contributed by atoms with Gasteiger partial charge in [-0.3, -0.25) is 4.79 Å². The lowest BCUT2D eigenvalue weighted by atomic mass is 9.89. The number of carbonyl (C=O) groups excluding carboxylic acids is 2. The predicted molar refractivity (Wildman–Crippen MR) is 103 cm³/mol. The minimum absolute atomic E-state index is 0.138. The molecule has 0 N–H and O–H groups in total. The monoisotopic (exact) mass is 356 g/mol. The Balaban J connectivity index is 0.000000547. The Bertz CT molecular complexity index is 357. The number of rotatable bonds is 2. The number of Topliss-reactive ketones (excluding diaryl/α,β-unsaturated/α-hetero) is 1. The molecule has 0 heterocycles. The highest BCUT2D eigenvalue weighted by Crippen LogP contribution is 2.48. The molecule has 4 heteroatoms. The molecule has 0 aromatic rings. The fourth-order valence-electron chi connectivity index (χ4n) is 3.97. The Morgan fingerprint density at radius 2 is 1.36 bits per heavy atom. The number of hydrogen-bond donors (Lipinski definition) is 0. The molecule has 3 aliphatic rings. The van der Waals surface area contributed by atoms with Crippen LogP contribution in [0.4, 0.5) is 0 Å². The van der Waals surface area contributed by atoms with E-state index < -0.39 is 0 Å². The van der Waals surface area contributed by atoms with E-state index in [4.69, 9.17) is 4.74 Å². The molecule has 25 heavy (non-hydrogen) atoms. The van der Waals surface area contributed by atoms with Crippen LogP contribution in [0.15, 0.2) is 0 Å². The first kappa shape index (κ1) is 24.1. The molecule has 0 amide bonds. The smallest absolute Gasteiger partial charge is 0.309 e. The van der Waals surface area contributed by atoms with Gasteiger partial charge in [-0.1, -0.05) is 26.7 Å². The van der Waals surface area contributed by atoms with Gasteiger partial charge in [-0.2, -0.15) is 0 Å². The van der Waals surface area contributed by atoms with Gasteiger partial charge >= 0.3 is 5.97 Å². The van der Waals surface area contributed by atoms with Gasteiger partial charge < -0.3 is 14.3 Å². The van der Waals surface area contributed by atoms with Crippen molar-refractivity contribution in [3.63, 3.8) is 0 Å². The number of ether oxygens (including phenoxy) is 2. The van der Waals surface area contributed by atoms with Gasteiger partial charge in [0.15, 0.2) is 0 Å². The van der Waals surface area contributed by atoms with Gasteiger partial charge in [0.05, 0.1) is 5.92 Å². The summed E-state index contributed by atoms with van der Waals surface area (Å²) in [6, 6.07) is 0. The van der Waals surface area contributed by atoms with Crippen molar-refractivity contribution in [2.75, 3.05) is 14.2 Å². The lowest BCUT2D eigenvalue weighted by molar-refractivity contribution is -0.157. The lowest BCUT2D eigenvalue weighted by Gasteiger charge is -2.26. The molecule has 3 atom stereocenters. The minimum atomic E-state index is 0.138. The van der Waals surface area contributed by atoms with Gasteiger partial charge in [-0.05, 0) is 70.6 Å². The molecule has 0 aromatic carbocycles. The molecule has 3 fully saturated rings. The number of carbonyl (C=O) groups is 2. The van der Waals surface area contributed by atoms with Crippen molar-refractivity contribution in [1.29, 1.82) is 0 Å². The summed E-state index contributed by atoms with van der Waals surface area (Å²) in [5, 5.41) is 0. The van der Waals surface area contributed by atoms with Crippen LogP contribution in [0.25, 0.3) is 0 Å². The molecule has 0 spiro atoms. The van der Waals surface area contributed by atoms with Crippen LogP contribution in [0, 0.1) is 17.8 Å². The molecule has 148 valence electrons. The minimum Gasteiger partial charge on any atom is -0.462 e. The van der Waals surface area contributed by atoms with E-state index in [2.05, 4.69) is 4.74 Å². The summed E-state index contributed by atoms with van der Waals surface area (Å²) < 4.78 is 9.94. The van der Waals surface area contributed by atoms with Crippen molar-refractivity contribution < 1.29 is 19.1 Å². The van der Waals surface area contributed by atoms with Crippen LogP contribution in [0.1, 0.15) is 85.5 Å². The SMILES string of the molecule is CC.CC(C)=O.COC.O=C(OC1CCCCC1)C1CC2CCC1C2. The molecule has 0 aliphatic heterocycles. The van der Waals surface area contributed by atoms with Gasteiger partial charge in [-0.15, -0.1) is 0 Å². The Kier molecular flexibility index (Phi) is 13.8. The van der Waals surface area contributed by atoms with E-state index in [1.165, 1.54) is 52.4 Å². The first-order chi connectivity index (χ1) is 12.0. The zero-order valence-electron chi connectivity index (χ0n) is 17.3. The van der Waals surface area contributed by atoms with Crippen LogP contribution in [0.3, 0.4) is 0 Å². The van der Waals surface area contributed by atoms with Crippen LogP contribution in [0.2, 0.25) is 0 Å². The third-order valence-corrected chi connectivity index (χ3v) is 4.88. The summed E-state index contributed by atoms with van der Waals surface area (Å²) in [4.78, 5) is 21.5. The summed E-state index contributed by atoms with van der Waals surface area (Å²) in [6.07, 6.45) is 11.3. The van der Waals surface area contributed by atoms with Crippen molar-refractivity contribution in [2.24, 2.45) is 17.8 Å². The molecule has 2 bridgehead atoms. The van der Waals surface area contributed by atoms with Gasteiger partial charge in [0.2, 0.25) is 0 Å². The van der Waals surface area contributed by atoms with E-state index >= 15 is 0 Å². The van der Waals surface area contributed by atoms with Gasteiger partial charge in [0.1, 0.15) is 11.9 Å². The zero-order chi connectivity index (χ0) is 19.2. The molecule has 3 rings (SSSR count). The molecule has 0 saturated heterocycles. The van der Waals surface area contributed by atoms with Crippen LogP contribution in [-0.4, -0.2) is 32.1 Å². The lowest BCUT2D eigenvalue weighted by Crippen LogP contribution is -2.28. The van der Waals surface area contributed by atoms with Crippen LogP contribution >= 0.6 is 0 Å². The average molecular weight is 357 g/mol. The maximum Gasteiger partial charge on any atom is 0.309 e. The summed E-state index contributed by atoms with van der Waals surface area (Å²) in [6.45, 7) is 7.06. The molecular weight excluding hydrogens is 316 g/mol. The highest BCUT2D eigenvalue weighted by molar-refractivity contribution is 5.73. The first-order valence-electron chi connectivity index (χ1n) is 10.1. The van der Waals surface area contributed by atoms with Crippen LogP contribution in [0.5, 0.6) is 0 Å². The molecular formula is C21H40O4. The fourth-order valence-corrected chi connectivity index (χ4v) is 3.97. The molecule has 0 radical (unpaired) electrons. The molecule has 3 unspecified atom stereocenters. The maximum absolute atomic E-state index is 12.1. The van der Waals surface area contributed by atoms with E-state index in [1.807, 2.05) is 13.8 Å². The Hall–Kier alpha value is -0.900. The topological polar surface area (TPSA) is 52.6 Å². The van der Waals surface area contributed by atoms with Gasteiger partial charge in [0, 0.05) is 14.2 Å². The highest BCUT2D eigenvalue weighted by atomic mass is 16.5. The second kappa shape index (κ2) is 14.3. The largest absolute Gasteiger partial charge is 0.462 e. The second-order valence-corrected chi connectivity index (χ2v) is 7.29. The van der Waals surface area contributed by atoms with Gasteiger partial charge in [0.25, 0.3) is 0 Å². The van der Waals surface area contributed by atoms with Crippen LogP contribution in [-0.2, 0) is 19.1 Å². The molecule has 0 aromatic heterocycles. The molecule has 3 aliphatic carbocycles. The predicted octanol–water partition coefficient (Wildman–Crippen LogP) is 5.18. The number of fused-ring (bicyclic) bond motifs is 2. The van der Waals surface area contributed by atoms with Crippen molar-refractivity contribution in [3.05, 3.63) is 0 Å². The van der Waals surface area contributed by atoms with E-state index in [1.54, 1.807) is 14.2 Å². The van der Waals surface area contributed by atoms with Crippen molar-refractivity contribution in [2.45, 2.75) is 91.6 Å². The maximum atomic E-state index is 12.1. The van der Waals surface area contributed by atoms with E-state index in [0.717, 1.165) is 25.2 Å².